The quantitative estimate of drug-likeness (QED) is 0.592. The minimum Gasteiger partial charge on any atom is -0.325 e. The molecule has 2 N–H and O–H groups in total. The minimum absolute atomic E-state index is 0.0758. The van der Waals surface area contributed by atoms with Gasteiger partial charge in [-0.15, -0.1) is 11.8 Å². The Morgan fingerprint density at radius 2 is 1.66 bits per heavy atom. The van der Waals surface area contributed by atoms with E-state index in [9.17, 15) is 9.59 Å². The fraction of sp³-hybridized carbons (Fsp3) is 0.174. The SMILES string of the molecule is O=C(CSc1ccc2c(c1)CCC2)Nc1cccc(NC(=O)c2ccncc2)c1. The molecule has 6 heteroatoms. The zero-order valence-corrected chi connectivity index (χ0v) is 16.7. The van der Waals surface area contributed by atoms with Crippen LogP contribution in [-0.2, 0) is 17.6 Å². The highest BCUT2D eigenvalue weighted by molar-refractivity contribution is 8.00. The van der Waals surface area contributed by atoms with Gasteiger partial charge in [-0.3, -0.25) is 14.6 Å². The number of benzene rings is 2. The van der Waals surface area contributed by atoms with Gasteiger partial charge in [-0.05, 0) is 72.9 Å². The summed E-state index contributed by atoms with van der Waals surface area (Å²) in [5.41, 5.74) is 4.64. The number of amides is 2. The first-order valence-corrected chi connectivity index (χ1v) is 10.5. The summed E-state index contributed by atoms with van der Waals surface area (Å²) in [7, 11) is 0. The second kappa shape index (κ2) is 8.92. The van der Waals surface area contributed by atoms with E-state index in [1.165, 1.54) is 29.3 Å². The Morgan fingerprint density at radius 3 is 2.48 bits per heavy atom. The normalized spacial score (nSPS) is 12.3. The van der Waals surface area contributed by atoms with Crippen LogP contribution in [0.2, 0.25) is 0 Å². The maximum atomic E-state index is 12.3. The summed E-state index contributed by atoms with van der Waals surface area (Å²) in [5, 5.41) is 5.73. The molecule has 0 aliphatic heterocycles. The summed E-state index contributed by atoms with van der Waals surface area (Å²) in [5.74, 6) is 0.0444. The highest BCUT2D eigenvalue weighted by Gasteiger charge is 2.12. The summed E-state index contributed by atoms with van der Waals surface area (Å²) in [6.07, 6.45) is 6.66. The number of carbonyl (C=O) groups is 2. The van der Waals surface area contributed by atoms with E-state index in [1.54, 1.807) is 48.8 Å². The van der Waals surface area contributed by atoms with Crippen molar-refractivity contribution < 1.29 is 9.59 Å². The molecule has 2 amide bonds. The van der Waals surface area contributed by atoms with E-state index in [0.29, 0.717) is 22.7 Å². The van der Waals surface area contributed by atoms with E-state index in [1.807, 2.05) is 0 Å². The van der Waals surface area contributed by atoms with Gasteiger partial charge in [0, 0.05) is 34.2 Å². The highest BCUT2D eigenvalue weighted by Crippen LogP contribution is 2.27. The molecule has 0 spiro atoms. The van der Waals surface area contributed by atoms with Crippen molar-refractivity contribution >= 4 is 35.0 Å². The van der Waals surface area contributed by atoms with Crippen molar-refractivity contribution in [2.45, 2.75) is 24.2 Å². The van der Waals surface area contributed by atoms with Crippen LogP contribution < -0.4 is 10.6 Å². The van der Waals surface area contributed by atoms with Gasteiger partial charge in [0.15, 0.2) is 0 Å². The van der Waals surface area contributed by atoms with Gasteiger partial charge in [0.25, 0.3) is 5.91 Å². The third-order valence-corrected chi connectivity index (χ3v) is 5.78. The second-order valence-corrected chi connectivity index (χ2v) is 7.94. The first-order chi connectivity index (χ1) is 14.2. The molecule has 0 fully saturated rings. The van der Waals surface area contributed by atoms with E-state index in [0.717, 1.165) is 17.7 Å². The number of hydrogen-bond acceptors (Lipinski definition) is 4. The Kier molecular flexibility index (Phi) is 5.91. The fourth-order valence-electron chi connectivity index (χ4n) is 3.37. The van der Waals surface area contributed by atoms with Crippen LogP contribution in [0.3, 0.4) is 0 Å². The second-order valence-electron chi connectivity index (χ2n) is 6.89. The number of rotatable bonds is 6. The lowest BCUT2D eigenvalue weighted by molar-refractivity contribution is -0.113. The van der Waals surface area contributed by atoms with Crippen LogP contribution in [-0.4, -0.2) is 22.6 Å². The number of aromatic nitrogens is 1. The van der Waals surface area contributed by atoms with Crippen LogP contribution >= 0.6 is 11.8 Å². The van der Waals surface area contributed by atoms with E-state index in [2.05, 4.69) is 33.8 Å². The minimum atomic E-state index is -0.219. The lowest BCUT2D eigenvalue weighted by Gasteiger charge is -2.09. The topological polar surface area (TPSA) is 71.1 Å². The van der Waals surface area contributed by atoms with Crippen molar-refractivity contribution in [3.05, 3.63) is 83.7 Å². The number of pyridine rings is 1. The Morgan fingerprint density at radius 1 is 0.897 bits per heavy atom. The molecule has 146 valence electrons. The molecular formula is C23H21N3O2S. The van der Waals surface area contributed by atoms with E-state index in [-0.39, 0.29) is 11.8 Å². The zero-order chi connectivity index (χ0) is 20.1. The highest BCUT2D eigenvalue weighted by atomic mass is 32.2. The third kappa shape index (κ3) is 5.03. The molecule has 0 saturated carbocycles. The van der Waals surface area contributed by atoms with E-state index >= 15 is 0 Å². The van der Waals surface area contributed by atoms with Crippen LogP contribution in [0.5, 0.6) is 0 Å². The van der Waals surface area contributed by atoms with Crippen LogP contribution in [0.1, 0.15) is 27.9 Å². The molecular weight excluding hydrogens is 382 g/mol. The average Bonchev–Trinajstić information content (AvgIpc) is 3.21. The Hall–Kier alpha value is -3.12. The van der Waals surface area contributed by atoms with Crippen LogP contribution in [0.25, 0.3) is 0 Å². The van der Waals surface area contributed by atoms with Crippen LogP contribution in [0.4, 0.5) is 11.4 Å². The van der Waals surface area contributed by atoms with Gasteiger partial charge in [0.1, 0.15) is 0 Å². The monoisotopic (exact) mass is 403 g/mol. The molecule has 1 aliphatic rings. The van der Waals surface area contributed by atoms with Crippen molar-refractivity contribution in [3.63, 3.8) is 0 Å². The Balaban J connectivity index is 1.32. The summed E-state index contributed by atoms with van der Waals surface area (Å²) < 4.78 is 0. The number of thioether (sulfide) groups is 1. The van der Waals surface area contributed by atoms with Gasteiger partial charge in [-0.25, -0.2) is 0 Å². The van der Waals surface area contributed by atoms with Gasteiger partial charge < -0.3 is 10.6 Å². The van der Waals surface area contributed by atoms with Gasteiger partial charge in [-0.2, -0.15) is 0 Å². The first-order valence-electron chi connectivity index (χ1n) is 9.53. The Bertz CT molecular complexity index is 1040. The van der Waals surface area contributed by atoms with Crippen molar-refractivity contribution in [2.24, 2.45) is 0 Å². The number of fused-ring (bicyclic) bond motifs is 1. The molecule has 0 atom stereocenters. The van der Waals surface area contributed by atoms with Crippen molar-refractivity contribution in [1.82, 2.24) is 4.98 Å². The van der Waals surface area contributed by atoms with Crippen molar-refractivity contribution in [3.8, 4) is 0 Å². The van der Waals surface area contributed by atoms with Gasteiger partial charge in [-0.1, -0.05) is 12.1 Å². The number of nitrogens with zero attached hydrogens (tertiary/aromatic N) is 1. The summed E-state index contributed by atoms with van der Waals surface area (Å²) >= 11 is 1.54. The van der Waals surface area contributed by atoms with Crippen LogP contribution in [0, 0.1) is 0 Å². The number of hydrogen-bond donors (Lipinski definition) is 2. The largest absolute Gasteiger partial charge is 0.325 e. The molecule has 0 bridgehead atoms. The molecule has 0 saturated heterocycles. The first kappa shape index (κ1) is 19.2. The molecule has 1 aromatic heterocycles. The lowest BCUT2D eigenvalue weighted by Crippen LogP contribution is -2.15. The van der Waals surface area contributed by atoms with Crippen LogP contribution in [0.15, 0.2) is 71.9 Å². The molecule has 4 rings (SSSR count). The van der Waals surface area contributed by atoms with Crippen molar-refractivity contribution in [1.29, 1.82) is 0 Å². The summed E-state index contributed by atoms with van der Waals surface area (Å²) in [6.45, 7) is 0. The third-order valence-electron chi connectivity index (χ3n) is 4.79. The zero-order valence-electron chi connectivity index (χ0n) is 15.9. The molecule has 1 aliphatic carbocycles. The maximum Gasteiger partial charge on any atom is 0.255 e. The number of aryl methyl sites for hydroxylation is 2. The molecule has 5 nitrogen and oxygen atoms in total. The standard InChI is InChI=1S/C23H21N3O2S/c27-22(15-29-21-8-7-16-3-1-4-18(16)13-21)25-19-5-2-6-20(14-19)26-23(28)17-9-11-24-12-10-17/h2,5-14H,1,3-4,15H2,(H,25,27)(H,26,28). The molecule has 0 radical (unpaired) electrons. The number of anilines is 2. The lowest BCUT2D eigenvalue weighted by atomic mass is 10.1. The number of carbonyl (C=O) groups excluding carboxylic acids is 2. The van der Waals surface area contributed by atoms with Gasteiger partial charge in [0.05, 0.1) is 5.75 Å². The smallest absolute Gasteiger partial charge is 0.255 e. The molecule has 2 aromatic carbocycles. The van der Waals surface area contributed by atoms with E-state index in [4.69, 9.17) is 0 Å². The molecule has 1 heterocycles. The van der Waals surface area contributed by atoms with Gasteiger partial charge in [0.2, 0.25) is 5.91 Å². The average molecular weight is 404 g/mol. The molecule has 3 aromatic rings. The van der Waals surface area contributed by atoms with Gasteiger partial charge >= 0.3 is 0 Å². The maximum absolute atomic E-state index is 12.3. The fourth-order valence-corrected chi connectivity index (χ4v) is 4.12. The molecule has 29 heavy (non-hydrogen) atoms. The molecule has 0 unspecified atom stereocenters. The summed E-state index contributed by atoms with van der Waals surface area (Å²) in [4.78, 5) is 29.6. The predicted molar refractivity (Wildman–Crippen MR) is 116 cm³/mol. The van der Waals surface area contributed by atoms with E-state index < -0.39 is 0 Å². The number of nitrogens with one attached hydrogen (secondary N) is 2. The van der Waals surface area contributed by atoms with Crippen molar-refractivity contribution in [2.75, 3.05) is 16.4 Å². The Labute approximate surface area is 173 Å². The summed E-state index contributed by atoms with van der Waals surface area (Å²) in [6, 6.07) is 16.9. The predicted octanol–water partition coefficient (Wildman–Crippen LogP) is 4.55.